The third kappa shape index (κ3) is 6.45. The van der Waals surface area contributed by atoms with Crippen LogP contribution >= 0.6 is 0 Å². The molecule has 1 fully saturated rings. The summed E-state index contributed by atoms with van der Waals surface area (Å²) in [5.74, 6) is -0.0907. The van der Waals surface area contributed by atoms with Gasteiger partial charge >= 0.3 is 18.3 Å². The number of aromatic nitrogens is 3. The van der Waals surface area contributed by atoms with Gasteiger partial charge in [-0.05, 0) is 62.0 Å². The Morgan fingerprint density at radius 3 is 2.27 bits per heavy atom. The lowest BCUT2D eigenvalue weighted by atomic mass is 9.99. The van der Waals surface area contributed by atoms with Crippen molar-refractivity contribution in [2.75, 3.05) is 33.8 Å². The molecule has 2 heterocycles. The molecule has 7 nitrogen and oxygen atoms in total. The molecule has 0 aliphatic carbocycles. The van der Waals surface area contributed by atoms with Gasteiger partial charge in [-0.1, -0.05) is 5.10 Å². The smallest absolute Gasteiger partial charge is 0.341 e. The predicted molar refractivity (Wildman–Crippen MR) is 131 cm³/mol. The Morgan fingerprint density at radius 1 is 1.07 bits per heavy atom. The summed E-state index contributed by atoms with van der Waals surface area (Å²) < 4.78 is 108. The Hall–Kier alpha value is -3.07. The second-order valence-corrected chi connectivity index (χ2v) is 9.76. The predicted octanol–water partition coefficient (Wildman–Crippen LogP) is 5.49. The molecule has 0 bridgehead atoms. The van der Waals surface area contributed by atoms with Gasteiger partial charge in [0.1, 0.15) is 18.7 Å². The fourth-order valence-corrected chi connectivity index (χ4v) is 4.69. The van der Waals surface area contributed by atoms with Crippen molar-refractivity contribution in [2.45, 2.75) is 44.3 Å². The first kappa shape index (κ1) is 29.9. The monoisotopic (exact) mass is 576 g/mol. The molecule has 2 aromatic carbocycles. The maximum absolute atomic E-state index is 13.8. The number of rotatable bonds is 8. The topological polar surface area (TPSA) is 61.2 Å². The summed E-state index contributed by atoms with van der Waals surface area (Å²) in [4.78, 5) is 4.47. The van der Waals surface area contributed by atoms with Crippen LogP contribution in [0.5, 0.6) is 0 Å². The molecule has 1 saturated heterocycles. The number of alkyl halides is 6. The van der Waals surface area contributed by atoms with Crippen LogP contribution in [-0.4, -0.2) is 54.8 Å². The third-order valence-electron chi connectivity index (χ3n) is 6.91. The van der Waals surface area contributed by atoms with Gasteiger partial charge in [-0.2, -0.15) is 31.3 Å². The number of hydrogen-bond donors (Lipinski definition) is 1. The number of likely N-dealkylation sites (N-methyl/N-ethyl adjacent to an activating group) is 2. The van der Waals surface area contributed by atoms with Crippen molar-refractivity contribution in [2.24, 2.45) is 0 Å². The minimum atomic E-state index is -5.00. The summed E-state index contributed by atoms with van der Waals surface area (Å²) in [5.41, 5.74) is -2.64. The molecule has 40 heavy (non-hydrogen) atoms. The van der Waals surface area contributed by atoms with Crippen LogP contribution in [0.2, 0.25) is 0 Å². The number of halogens is 7. The lowest BCUT2D eigenvalue weighted by Crippen LogP contribution is -2.60. The lowest BCUT2D eigenvalue weighted by molar-refractivity contribution is -0.224. The maximum Gasteiger partial charge on any atom is 0.416 e. The molecule has 1 unspecified atom stereocenters. The minimum Gasteiger partial charge on any atom is -0.341 e. The van der Waals surface area contributed by atoms with E-state index in [9.17, 15) is 30.7 Å². The molecule has 0 radical (unpaired) electrons. The highest BCUT2D eigenvalue weighted by Gasteiger charge is 2.49. The molecule has 1 N–H and O–H groups in total. The standard InChI is InChI=1S/C26H29F7N5O2/c1-16(18-12-19(25(28,29)30)14-20(13-18)26(31,32)33)40-23-22(17-4-6-21(27)7-5-17)38(3,10-11-39-23)24-35-15-37(36-24)9-8-34-2/h4-7,12-16,22-23,34H,8-11H2,1-3H3/q+1/t16-,22+,23-,38?/m1/s1. The SMILES string of the molecule is CNCCn1cnc([N+]2(C)CCO[C@H](O[C@H](C)c3cc(C(F)(F)F)cc(C(F)(F)F)c3)[C@@H]2c2ccc(F)cc2)n1. The average Bonchev–Trinajstić information content (AvgIpc) is 3.37. The molecular weight excluding hydrogens is 547 g/mol. The number of morpholine rings is 1. The maximum atomic E-state index is 13.8. The second-order valence-electron chi connectivity index (χ2n) is 9.76. The summed E-state index contributed by atoms with van der Waals surface area (Å²) in [6.07, 6.45) is -10.8. The van der Waals surface area contributed by atoms with Crippen molar-refractivity contribution in [3.05, 3.63) is 76.9 Å². The van der Waals surface area contributed by atoms with E-state index >= 15 is 0 Å². The number of ether oxygens (including phenoxy) is 2. The highest BCUT2D eigenvalue weighted by Crippen LogP contribution is 2.42. The highest BCUT2D eigenvalue weighted by molar-refractivity contribution is 5.35. The molecule has 1 aliphatic heterocycles. The van der Waals surface area contributed by atoms with Gasteiger partial charge in [0.25, 0.3) is 0 Å². The Morgan fingerprint density at radius 2 is 1.70 bits per heavy atom. The van der Waals surface area contributed by atoms with Crippen LogP contribution in [-0.2, 0) is 28.4 Å². The van der Waals surface area contributed by atoms with Crippen LogP contribution in [0.25, 0.3) is 0 Å². The number of nitrogens with one attached hydrogen (secondary N) is 1. The molecular formula is C26H29F7N5O2+. The Balaban J connectivity index is 1.72. The van der Waals surface area contributed by atoms with E-state index in [4.69, 9.17) is 9.47 Å². The van der Waals surface area contributed by atoms with Crippen molar-refractivity contribution >= 4 is 5.95 Å². The van der Waals surface area contributed by atoms with Crippen molar-refractivity contribution in [3.8, 4) is 0 Å². The van der Waals surface area contributed by atoms with Gasteiger partial charge in [-0.15, -0.1) is 0 Å². The third-order valence-corrected chi connectivity index (χ3v) is 6.91. The summed E-state index contributed by atoms with van der Waals surface area (Å²) in [6, 6.07) is 6.14. The zero-order chi connectivity index (χ0) is 29.3. The molecule has 4 rings (SSSR count). The number of benzene rings is 2. The van der Waals surface area contributed by atoms with Crippen LogP contribution in [0.1, 0.15) is 41.3 Å². The summed E-state index contributed by atoms with van der Waals surface area (Å²) in [5, 5.41) is 7.60. The van der Waals surface area contributed by atoms with E-state index in [1.54, 1.807) is 18.1 Å². The lowest BCUT2D eigenvalue weighted by Gasteiger charge is -2.45. The van der Waals surface area contributed by atoms with E-state index < -0.39 is 47.7 Å². The van der Waals surface area contributed by atoms with Crippen LogP contribution in [0.4, 0.5) is 36.7 Å². The zero-order valence-electron chi connectivity index (χ0n) is 21.9. The molecule has 0 spiro atoms. The molecule has 14 heteroatoms. The first-order chi connectivity index (χ1) is 18.7. The Bertz CT molecular complexity index is 1260. The Kier molecular flexibility index (Phi) is 8.54. The molecule has 0 amide bonds. The minimum absolute atomic E-state index is 0.0337. The molecule has 0 saturated carbocycles. The van der Waals surface area contributed by atoms with Crippen molar-refractivity contribution in [1.82, 2.24) is 24.6 Å². The first-order valence-corrected chi connectivity index (χ1v) is 12.4. The van der Waals surface area contributed by atoms with Gasteiger partial charge in [-0.3, -0.25) is 0 Å². The van der Waals surface area contributed by atoms with Crippen molar-refractivity contribution in [1.29, 1.82) is 0 Å². The Labute approximate surface area is 226 Å². The summed E-state index contributed by atoms with van der Waals surface area (Å²) >= 11 is 0. The fraction of sp³-hybridized carbons (Fsp3) is 0.462. The van der Waals surface area contributed by atoms with E-state index in [-0.39, 0.29) is 22.7 Å². The van der Waals surface area contributed by atoms with Crippen LogP contribution in [0, 0.1) is 5.82 Å². The van der Waals surface area contributed by atoms with E-state index in [1.165, 1.54) is 31.2 Å². The fourth-order valence-electron chi connectivity index (χ4n) is 4.69. The zero-order valence-corrected chi connectivity index (χ0v) is 21.9. The van der Waals surface area contributed by atoms with Gasteiger partial charge in [0.05, 0.1) is 37.4 Å². The molecule has 1 aromatic heterocycles. The molecule has 3 aromatic rings. The summed E-state index contributed by atoms with van der Waals surface area (Å²) in [6.45, 7) is 3.03. The normalized spacial score (nSPS) is 22.9. The van der Waals surface area contributed by atoms with Gasteiger partial charge in [-0.25, -0.2) is 13.6 Å². The molecule has 1 aliphatic rings. The first-order valence-electron chi connectivity index (χ1n) is 12.4. The largest absolute Gasteiger partial charge is 0.416 e. The van der Waals surface area contributed by atoms with Crippen LogP contribution in [0.15, 0.2) is 48.8 Å². The number of hydrogen-bond acceptors (Lipinski definition) is 5. The summed E-state index contributed by atoms with van der Waals surface area (Å²) in [7, 11) is 3.62. The van der Waals surface area contributed by atoms with E-state index in [0.29, 0.717) is 43.3 Å². The van der Waals surface area contributed by atoms with Crippen molar-refractivity contribution < 1.29 is 40.2 Å². The van der Waals surface area contributed by atoms with Gasteiger partial charge in [0.2, 0.25) is 6.29 Å². The van der Waals surface area contributed by atoms with Gasteiger partial charge in [0, 0.05) is 12.1 Å². The van der Waals surface area contributed by atoms with E-state index in [2.05, 4.69) is 15.4 Å². The van der Waals surface area contributed by atoms with Crippen LogP contribution in [0.3, 0.4) is 0 Å². The van der Waals surface area contributed by atoms with E-state index in [0.717, 1.165) is 0 Å². The van der Waals surface area contributed by atoms with E-state index in [1.807, 2.05) is 7.05 Å². The quantitative estimate of drug-likeness (QED) is 0.284. The van der Waals surface area contributed by atoms with Crippen LogP contribution < -0.4 is 9.80 Å². The van der Waals surface area contributed by atoms with Gasteiger partial charge < -0.3 is 14.8 Å². The van der Waals surface area contributed by atoms with Gasteiger partial charge in [0.15, 0.2) is 6.04 Å². The molecule has 218 valence electrons. The number of nitrogens with zero attached hydrogens (tertiary/aromatic N) is 4. The van der Waals surface area contributed by atoms with Crippen molar-refractivity contribution in [3.63, 3.8) is 0 Å². The molecule has 4 atom stereocenters. The number of quaternary nitrogens is 1. The highest BCUT2D eigenvalue weighted by atomic mass is 19.4. The average molecular weight is 577 g/mol. The second kappa shape index (κ2) is 11.4.